The van der Waals surface area contributed by atoms with Crippen LogP contribution in [0.1, 0.15) is 39.2 Å². The molecule has 5 heteroatoms. The van der Waals surface area contributed by atoms with Crippen molar-refractivity contribution in [2.45, 2.75) is 56.0 Å². The van der Waals surface area contributed by atoms with Crippen LogP contribution in [0.5, 0.6) is 0 Å². The first-order valence-electron chi connectivity index (χ1n) is 8.08. The SMILES string of the molecule is CCC(C)(C)c1ccc(S(=O)(=O)N2C[C@@H]3C[C@H]2CN3C)cc1. The van der Waals surface area contributed by atoms with Gasteiger partial charge < -0.3 is 4.90 Å². The molecular formula is C17H26N2O2S. The maximum absolute atomic E-state index is 12.9. The second kappa shape index (κ2) is 5.32. The van der Waals surface area contributed by atoms with E-state index in [0.29, 0.717) is 17.5 Å². The van der Waals surface area contributed by atoms with Gasteiger partial charge in [-0.25, -0.2) is 8.42 Å². The van der Waals surface area contributed by atoms with Crippen LogP contribution in [0.15, 0.2) is 29.2 Å². The number of likely N-dealkylation sites (tertiary alicyclic amines) is 1. The highest BCUT2D eigenvalue weighted by Gasteiger charge is 2.47. The van der Waals surface area contributed by atoms with Crippen LogP contribution in [-0.2, 0) is 15.4 Å². The maximum atomic E-state index is 12.9. The molecule has 2 fully saturated rings. The predicted octanol–water partition coefficient (Wildman–Crippen LogP) is 2.45. The third-order valence-electron chi connectivity index (χ3n) is 5.59. The summed E-state index contributed by atoms with van der Waals surface area (Å²) < 4.78 is 27.4. The molecule has 0 N–H and O–H groups in total. The fourth-order valence-electron chi connectivity index (χ4n) is 3.54. The standard InChI is InChI=1S/C17H26N2O2S/c1-5-17(2,3)13-6-8-16(9-7-13)22(20,21)19-12-14-10-15(19)11-18(14)4/h6-9,14-15H,5,10-12H2,1-4H3/t14-,15-/m0/s1. The van der Waals surface area contributed by atoms with Crippen LogP contribution in [0.2, 0.25) is 0 Å². The molecule has 2 aliphatic heterocycles. The Morgan fingerprint density at radius 1 is 1.14 bits per heavy atom. The molecule has 0 unspecified atom stereocenters. The van der Waals surface area contributed by atoms with Gasteiger partial charge in [0.1, 0.15) is 0 Å². The summed E-state index contributed by atoms with van der Waals surface area (Å²) in [4.78, 5) is 2.70. The fourth-order valence-corrected chi connectivity index (χ4v) is 5.21. The van der Waals surface area contributed by atoms with E-state index in [0.717, 1.165) is 19.4 Å². The van der Waals surface area contributed by atoms with Gasteiger partial charge in [-0.05, 0) is 43.0 Å². The van der Waals surface area contributed by atoms with Gasteiger partial charge in [-0.3, -0.25) is 0 Å². The third kappa shape index (κ3) is 2.49. The van der Waals surface area contributed by atoms with Crippen molar-refractivity contribution in [3.05, 3.63) is 29.8 Å². The number of sulfonamides is 1. The average Bonchev–Trinajstić information content (AvgIpc) is 3.07. The lowest BCUT2D eigenvalue weighted by atomic mass is 9.82. The second-order valence-electron chi connectivity index (χ2n) is 7.32. The zero-order valence-electron chi connectivity index (χ0n) is 13.9. The van der Waals surface area contributed by atoms with Gasteiger partial charge in [-0.15, -0.1) is 0 Å². The molecule has 0 radical (unpaired) electrons. The highest BCUT2D eigenvalue weighted by Crippen LogP contribution is 2.34. The molecular weight excluding hydrogens is 296 g/mol. The molecule has 122 valence electrons. The van der Waals surface area contributed by atoms with Gasteiger partial charge >= 0.3 is 0 Å². The average molecular weight is 322 g/mol. The monoisotopic (exact) mass is 322 g/mol. The minimum absolute atomic E-state index is 0.0811. The number of hydrogen-bond acceptors (Lipinski definition) is 3. The van der Waals surface area contributed by atoms with Crippen molar-refractivity contribution in [2.75, 3.05) is 20.1 Å². The molecule has 4 nitrogen and oxygen atoms in total. The van der Waals surface area contributed by atoms with Crippen LogP contribution in [-0.4, -0.2) is 49.8 Å². The topological polar surface area (TPSA) is 40.6 Å². The first kappa shape index (κ1) is 16.0. The molecule has 0 aliphatic carbocycles. The van der Waals surface area contributed by atoms with Gasteiger partial charge in [0.15, 0.2) is 0 Å². The van der Waals surface area contributed by atoms with Crippen molar-refractivity contribution in [3.63, 3.8) is 0 Å². The Kier molecular flexibility index (Phi) is 3.86. The van der Waals surface area contributed by atoms with E-state index >= 15 is 0 Å². The maximum Gasteiger partial charge on any atom is 0.243 e. The minimum Gasteiger partial charge on any atom is -0.300 e. The van der Waals surface area contributed by atoms with Crippen molar-refractivity contribution in [1.29, 1.82) is 0 Å². The van der Waals surface area contributed by atoms with Crippen LogP contribution in [0.4, 0.5) is 0 Å². The molecule has 1 aromatic rings. The number of benzene rings is 1. The molecule has 22 heavy (non-hydrogen) atoms. The second-order valence-corrected chi connectivity index (χ2v) is 9.21. The lowest BCUT2D eigenvalue weighted by Crippen LogP contribution is -2.47. The van der Waals surface area contributed by atoms with E-state index in [1.54, 1.807) is 16.4 Å². The Hall–Kier alpha value is -0.910. The smallest absolute Gasteiger partial charge is 0.243 e. The first-order chi connectivity index (χ1) is 10.3. The third-order valence-corrected chi connectivity index (χ3v) is 7.52. The zero-order chi connectivity index (χ0) is 16.1. The van der Waals surface area contributed by atoms with E-state index in [9.17, 15) is 8.42 Å². The van der Waals surface area contributed by atoms with Crippen LogP contribution in [0.25, 0.3) is 0 Å². The highest BCUT2D eigenvalue weighted by atomic mass is 32.2. The summed E-state index contributed by atoms with van der Waals surface area (Å²) in [6, 6.07) is 8.02. The molecule has 2 atom stereocenters. The van der Waals surface area contributed by atoms with Gasteiger partial charge in [0.25, 0.3) is 0 Å². The Balaban J connectivity index is 1.85. The summed E-state index contributed by atoms with van der Waals surface area (Å²) >= 11 is 0. The molecule has 2 bridgehead atoms. The van der Waals surface area contributed by atoms with Gasteiger partial charge in [0.05, 0.1) is 4.90 Å². The molecule has 1 aromatic carbocycles. The minimum atomic E-state index is -3.36. The normalized spacial score (nSPS) is 26.7. The number of fused-ring (bicyclic) bond motifs is 2. The van der Waals surface area contributed by atoms with E-state index in [4.69, 9.17) is 0 Å². The van der Waals surface area contributed by atoms with Crippen molar-refractivity contribution >= 4 is 10.0 Å². The van der Waals surface area contributed by atoms with E-state index in [1.807, 2.05) is 12.1 Å². The van der Waals surface area contributed by atoms with E-state index < -0.39 is 10.0 Å². The summed E-state index contributed by atoms with van der Waals surface area (Å²) in [5.41, 5.74) is 1.27. The Labute approximate surface area is 134 Å². The Bertz CT molecular complexity index is 650. The van der Waals surface area contributed by atoms with Crippen LogP contribution >= 0.6 is 0 Å². The summed E-state index contributed by atoms with van der Waals surface area (Å²) in [6.07, 6.45) is 2.00. The predicted molar refractivity (Wildman–Crippen MR) is 88.5 cm³/mol. The highest BCUT2D eigenvalue weighted by molar-refractivity contribution is 7.89. The van der Waals surface area contributed by atoms with Gasteiger partial charge in [-0.1, -0.05) is 32.9 Å². The Morgan fingerprint density at radius 2 is 1.77 bits per heavy atom. The molecule has 2 heterocycles. The largest absolute Gasteiger partial charge is 0.300 e. The lowest BCUT2D eigenvalue weighted by molar-refractivity contribution is 0.216. The number of hydrogen-bond donors (Lipinski definition) is 0. The first-order valence-corrected chi connectivity index (χ1v) is 9.52. The van der Waals surface area contributed by atoms with Gasteiger partial charge in [-0.2, -0.15) is 4.31 Å². The molecule has 0 aromatic heterocycles. The fraction of sp³-hybridized carbons (Fsp3) is 0.647. The molecule has 2 aliphatic rings. The molecule has 0 saturated carbocycles. The number of nitrogens with zero attached hydrogens (tertiary/aromatic N) is 2. The molecule has 0 spiro atoms. The summed E-state index contributed by atoms with van der Waals surface area (Å²) in [6.45, 7) is 8.01. The van der Waals surface area contributed by atoms with Gasteiger partial charge in [0.2, 0.25) is 10.0 Å². The summed E-state index contributed by atoms with van der Waals surface area (Å²) in [5.74, 6) is 0. The lowest BCUT2D eigenvalue weighted by Gasteiger charge is -2.31. The quantitative estimate of drug-likeness (QED) is 0.855. The number of rotatable bonds is 4. The molecule has 0 amide bonds. The van der Waals surface area contributed by atoms with Crippen molar-refractivity contribution in [2.24, 2.45) is 0 Å². The van der Waals surface area contributed by atoms with Crippen molar-refractivity contribution in [3.8, 4) is 0 Å². The Morgan fingerprint density at radius 3 is 2.23 bits per heavy atom. The summed E-state index contributed by atoms with van der Waals surface area (Å²) in [5, 5.41) is 0. The summed E-state index contributed by atoms with van der Waals surface area (Å²) in [7, 11) is -1.28. The number of piperazine rings is 1. The molecule has 2 saturated heterocycles. The van der Waals surface area contributed by atoms with E-state index in [-0.39, 0.29) is 11.5 Å². The molecule has 3 rings (SSSR count). The zero-order valence-corrected chi connectivity index (χ0v) is 14.7. The number of likely N-dealkylation sites (N-methyl/N-ethyl adjacent to an activating group) is 1. The van der Waals surface area contributed by atoms with Crippen molar-refractivity contribution < 1.29 is 8.42 Å². The van der Waals surface area contributed by atoms with Crippen LogP contribution in [0.3, 0.4) is 0 Å². The van der Waals surface area contributed by atoms with Crippen molar-refractivity contribution in [1.82, 2.24) is 9.21 Å². The van der Waals surface area contributed by atoms with Crippen LogP contribution < -0.4 is 0 Å². The van der Waals surface area contributed by atoms with E-state index in [2.05, 4.69) is 32.7 Å². The van der Waals surface area contributed by atoms with Crippen LogP contribution in [0, 0.1) is 0 Å². The van der Waals surface area contributed by atoms with E-state index in [1.165, 1.54) is 5.56 Å². The van der Waals surface area contributed by atoms with Gasteiger partial charge in [0, 0.05) is 25.2 Å².